The Labute approximate surface area is 166 Å². The van der Waals surface area contributed by atoms with Gasteiger partial charge in [-0.25, -0.2) is 8.42 Å². The number of benzene rings is 1. The minimum Gasteiger partial charge on any atom is -0.495 e. The number of likely N-dealkylation sites (tertiary alicyclic amines) is 1. The molecule has 2 aromatic rings. The first-order valence-electron chi connectivity index (χ1n) is 8.19. The van der Waals surface area contributed by atoms with Crippen LogP contribution in [-0.2, 0) is 10.0 Å². The van der Waals surface area contributed by atoms with Gasteiger partial charge in [0.1, 0.15) is 15.7 Å². The Morgan fingerprint density at radius 1 is 1.15 bits per heavy atom. The van der Waals surface area contributed by atoms with Crippen molar-refractivity contribution in [3.63, 3.8) is 0 Å². The van der Waals surface area contributed by atoms with Crippen LogP contribution in [0, 0.1) is 0 Å². The average Bonchev–Trinajstić information content (AvgIpc) is 3.33. The number of rotatable bonds is 6. The third-order valence-corrected chi connectivity index (χ3v) is 7.39. The molecule has 1 fully saturated rings. The summed E-state index contributed by atoms with van der Waals surface area (Å²) < 4.78 is 38.3. The lowest BCUT2D eigenvalue weighted by Crippen LogP contribution is -2.26. The van der Waals surface area contributed by atoms with Gasteiger partial charge in [-0.2, -0.15) is 0 Å². The Balaban J connectivity index is 1.85. The van der Waals surface area contributed by atoms with Crippen LogP contribution in [-0.4, -0.2) is 46.5 Å². The summed E-state index contributed by atoms with van der Waals surface area (Å²) in [6, 6.07) is 5.88. The number of thiophene rings is 1. The van der Waals surface area contributed by atoms with Crippen LogP contribution in [0.25, 0.3) is 0 Å². The molecule has 7 nitrogen and oxygen atoms in total. The summed E-state index contributed by atoms with van der Waals surface area (Å²) in [6.45, 7) is 1.41. The van der Waals surface area contributed by atoms with E-state index in [2.05, 4.69) is 4.72 Å². The number of nitrogens with one attached hydrogen (secondary N) is 1. The Morgan fingerprint density at radius 3 is 2.44 bits per heavy atom. The summed E-state index contributed by atoms with van der Waals surface area (Å²) in [5.74, 6) is 0.500. The number of ether oxygens (including phenoxy) is 2. The zero-order valence-electron chi connectivity index (χ0n) is 14.8. The number of halogens is 1. The maximum absolute atomic E-state index is 12.7. The highest BCUT2D eigenvalue weighted by atomic mass is 35.5. The van der Waals surface area contributed by atoms with Gasteiger partial charge < -0.3 is 14.4 Å². The van der Waals surface area contributed by atoms with Crippen LogP contribution in [0.1, 0.15) is 22.5 Å². The monoisotopic (exact) mass is 430 g/mol. The fourth-order valence-corrected chi connectivity index (χ4v) is 5.37. The minimum atomic E-state index is -3.90. The lowest BCUT2D eigenvalue weighted by molar-refractivity contribution is 0.0797. The predicted octanol–water partition coefficient (Wildman–Crippen LogP) is 3.46. The number of anilines is 1. The van der Waals surface area contributed by atoms with Gasteiger partial charge in [-0.15, -0.1) is 11.3 Å². The molecule has 3 rings (SSSR count). The van der Waals surface area contributed by atoms with Crippen LogP contribution in [0.3, 0.4) is 0 Å². The molecule has 1 aliphatic rings. The van der Waals surface area contributed by atoms with Crippen LogP contribution in [0.15, 0.2) is 28.5 Å². The molecule has 10 heteroatoms. The van der Waals surface area contributed by atoms with Gasteiger partial charge in [0.2, 0.25) is 0 Å². The Hall–Kier alpha value is -1.97. The fourth-order valence-electron chi connectivity index (χ4n) is 2.79. The van der Waals surface area contributed by atoms with Gasteiger partial charge in [0, 0.05) is 19.2 Å². The van der Waals surface area contributed by atoms with Crippen molar-refractivity contribution in [1.29, 1.82) is 0 Å². The maximum atomic E-state index is 12.7. The number of carbonyl (C=O) groups excluding carboxylic acids is 1. The van der Waals surface area contributed by atoms with E-state index in [0.717, 1.165) is 24.2 Å². The smallest absolute Gasteiger partial charge is 0.271 e. The van der Waals surface area contributed by atoms with Gasteiger partial charge in [0.25, 0.3) is 15.9 Å². The SMILES string of the molecule is COc1cc(OC)c(NS(=O)(=O)c2ccc(C(=O)N3CCCC3)s2)cc1Cl. The Kier molecular flexibility index (Phi) is 5.83. The van der Waals surface area contributed by atoms with Crippen LogP contribution in [0.2, 0.25) is 5.02 Å². The molecule has 1 aliphatic heterocycles. The average molecular weight is 431 g/mol. The number of nitrogens with zero attached hydrogens (tertiary/aromatic N) is 1. The van der Waals surface area contributed by atoms with Gasteiger partial charge in [-0.1, -0.05) is 11.6 Å². The Bertz CT molecular complexity index is 952. The van der Waals surface area contributed by atoms with Crippen molar-refractivity contribution in [2.45, 2.75) is 17.1 Å². The number of hydrogen-bond donors (Lipinski definition) is 1. The fraction of sp³-hybridized carbons (Fsp3) is 0.353. The lowest BCUT2D eigenvalue weighted by atomic mass is 10.3. The van der Waals surface area contributed by atoms with E-state index in [4.69, 9.17) is 21.1 Å². The van der Waals surface area contributed by atoms with Gasteiger partial charge in [0.05, 0.1) is 29.8 Å². The molecule has 27 heavy (non-hydrogen) atoms. The molecular weight excluding hydrogens is 412 g/mol. The van der Waals surface area contributed by atoms with Crippen molar-refractivity contribution in [3.8, 4) is 11.5 Å². The van der Waals surface area contributed by atoms with Gasteiger partial charge in [0.15, 0.2) is 0 Å². The van der Waals surface area contributed by atoms with Crippen molar-refractivity contribution in [2.24, 2.45) is 0 Å². The molecule has 0 aliphatic carbocycles. The Morgan fingerprint density at radius 2 is 1.81 bits per heavy atom. The molecule has 1 N–H and O–H groups in total. The van der Waals surface area contributed by atoms with E-state index in [1.54, 1.807) is 4.90 Å². The molecule has 1 amide bonds. The topological polar surface area (TPSA) is 84.9 Å². The van der Waals surface area contributed by atoms with Crippen molar-refractivity contribution in [3.05, 3.63) is 34.2 Å². The minimum absolute atomic E-state index is 0.0408. The molecule has 0 atom stereocenters. The highest BCUT2D eigenvalue weighted by Crippen LogP contribution is 2.37. The number of amides is 1. The molecule has 0 spiro atoms. The van der Waals surface area contributed by atoms with Crippen LogP contribution < -0.4 is 14.2 Å². The molecule has 1 saturated heterocycles. The largest absolute Gasteiger partial charge is 0.495 e. The summed E-state index contributed by atoms with van der Waals surface area (Å²) in [5.41, 5.74) is 0.184. The molecule has 2 heterocycles. The second-order valence-electron chi connectivity index (χ2n) is 5.91. The molecule has 1 aromatic carbocycles. The summed E-state index contributed by atoms with van der Waals surface area (Å²) in [5, 5.41) is 0.243. The molecule has 0 radical (unpaired) electrons. The molecule has 146 valence electrons. The van der Waals surface area contributed by atoms with Crippen molar-refractivity contribution < 1.29 is 22.7 Å². The van der Waals surface area contributed by atoms with Crippen LogP contribution in [0.4, 0.5) is 5.69 Å². The summed E-state index contributed by atoms with van der Waals surface area (Å²) in [7, 11) is -1.03. The molecule has 0 bridgehead atoms. The third kappa shape index (κ3) is 4.15. The standard InChI is InChI=1S/C17H19ClN2O5S2/c1-24-13-10-14(25-2)12(9-11(13)18)19-27(22,23)16-6-5-15(26-16)17(21)20-7-3-4-8-20/h5-6,9-10,19H,3-4,7-8H2,1-2H3. The summed E-state index contributed by atoms with van der Waals surface area (Å²) in [6.07, 6.45) is 1.95. The zero-order valence-corrected chi connectivity index (χ0v) is 17.2. The van der Waals surface area contributed by atoms with Gasteiger partial charge in [-0.3, -0.25) is 9.52 Å². The van der Waals surface area contributed by atoms with Crippen molar-refractivity contribution >= 4 is 44.6 Å². The maximum Gasteiger partial charge on any atom is 0.271 e. The van der Waals surface area contributed by atoms with Gasteiger partial charge >= 0.3 is 0 Å². The van der Waals surface area contributed by atoms with Crippen molar-refractivity contribution in [2.75, 3.05) is 32.0 Å². The zero-order chi connectivity index (χ0) is 19.6. The van der Waals surface area contributed by atoms with E-state index in [0.29, 0.717) is 23.7 Å². The van der Waals surface area contributed by atoms with E-state index in [1.807, 2.05) is 0 Å². The van der Waals surface area contributed by atoms with Crippen molar-refractivity contribution in [1.82, 2.24) is 4.90 Å². The molecule has 1 aromatic heterocycles. The van der Waals surface area contributed by atoms with Crippen LogP contribution in [0.5, 0.6) is 11.5 Å². The van der Waals surface area contributed by atoms with Gasteiger partial charge in [-0.05, 0) is 31.0 Å². The highest BCUT2D eigenvalue weighted by Gasteiger charge is 2.25. The quantitative estimate of drug-likeness (QED) is 0.758. The summed E-state index contributed by atoms with van der Waals surface area (Å²) >= 11 is 7.03. The second kappa shape index (κ2) is 7.95. The molecule has 0 unspecified atom stereocenters. The third-order valence-electron chi connectivity index (χ3n) is 4.17. The lowest BCUT2D eigenvalue weighted by Gasteiger charge is -2.14. The van der Waals surface area contributed by atoms with E-state index >= 15 is 0 Å². The normalized spacial score (nSPS) is 14.3. The first kappa shape index (κ1) is 19.8. The highest BCUT2D eigenvalue weighted by molar-refractivity contribution is 7.94. The second-order valence-corrected chi connectivity index (χ2v) is 9.31. The van der Waals surface area contributed by atoms with E-state index in [1.165, 1.54) is 38.5 Å². The number of sulfonamides is 1. The van der Waals surface area contributed by atoms with E-state index in [-0.39, 0.29) is 26.6 Å². The molecule has 0 saturated carbocycles. The first-order chi connectivity index (χ1) is 12.9. The number of carbonyl (C=O) groups is 1. The predicted molar refractivity (Wildman–Crippen MR) is 105 cm³/mol. The molecular formula is C17H19ClN2O5S2. The van der Waals surface area contributed by atoms with Crippen LogP contribution >= 0.6 is 22.9 Å². The number of methoxy groups -OCH3 is 2. The summed E-state index contributed by atoms with van der Waals surface area (Å²) in [4.78, 5) is 14.6. The van der Waals surface area contributed by atoms with E-state index < -0.39 is 10.0 Å². The van der Waals surface area contributed by atoms with E-state index in [9.17, 15) is 13.2 Å². The number of hydrogen-bond acceptors (Lipinski definition) is 6. The first-order valence-corrected chi connectivity index (χ1v) is 10.9.